The maximum absolute atomic E-state index is 13.2. The number of benzene rings is 1. The zero-order valence-electron chi connectivity index (χ0n) is 18.2. The lowest BCUT2D eigenvalue weighted by Gasteiger charge is -2.36. The van der Waals surface area contributed by atoms with Gasteiger partial charge in [0.15, 0.2) is 0 Å². The Hall–Kier alpha value is -2.43. The third-order valence-corrected chi connectivity index (χ3v) is 7.40. The summed E-state index contributed by atoms with van der Waals surface area (Å²) in [5, 5.41) is 3.88. The van der Waals surface area contributed by atoms with Gasteiger partial charge >= 0.3 is 5.56 Å². The van der Waals surface area contributed by atoms with Crippen molar-refractivity contribution < 1.29 is 17.9 Å². The van der Waals surface area contributed by atoms with Crippen molar-refractivity contribution >= 4 is 15.7 Å². The van der Waals surface area contributed by atoms with Crippen LogP contribution < -0.4 is 15.2 Å². The van der Waals surface area contributed by atoms with Crippen LogP contribution in [0.15, 0.2) is 41.3 Å². The molecule has 1 fully saturated rings. The molecule has 0 aliphatic carbocycles. The van der Waals surface area contributed by atoms with Gasteiger partial charge in [-0.1, -0.05) is 18.2 Å². The number of sulfonamides is 1. The fourth-order valence-electron chi connectivity index (χ4n) is 3.37. The Morgan fingerprint density at radius 2 is 1.74 bits per heavy atom. The van der Waals surface area contributed by atoms with E-state index in [-0.39, 0.29) is 17.9 Å². The maximum Gasteiger partial charge on any atom is 0.316 e. The molecule has 2 aromatic rings. The third-order valence-electron chi connectivity index (χ3n) is 5.13. The molecule has 0 atom stereocenters. The maximum atomic E-state index is 13.2. The lowest BCUT2D eigenvalue weighted by Crippen LogP contribution is -2.50. The zero-order chi connectivity index (χ0) is 22.4. The summed E-state index contributed by atoms with van der Waals surface area (Å²) in [7, 11) is -3.31. The van der Waals surface area contributed by atoms with Crippen molar-refractivity contribution in [1.82, 2.24) is 14.1 Å². The highest BCUT2D eigenvalue weighted by Gasteiger charge is 2.31. The van der Waals surface area contributed by atoms with Crippen LogP contribution in [-0.4, -0.2) is 73.8 Å². The van der Waals surface area contributed by atoms with Crippen molar-refractivity contribution in [2.45, 2.75) is 26.0 Å². The number of hydrogen-bond acceptors (Lipinski definition) is 7. The van der Waals surface area contributed by atoms with Gasteiger partial charge in [0.05, 0.1) is 23.7 Å². The average Bonchev–Trinajstić information content (AvgIpc) is 2.78. The normalized spacial score (nSPS) is 15.4. The van der Waals surface area contributed by atoms with Gasteiger partial charge in [0.2, 0.25) is 15.8 Å². The van der Waals surface area contributed by atoms with Crippen LogP contribution in [0.1, 0.15) is 20.8 Å². The predicted octanol–water partition coefficient (Wildman–Crippen LogP) is 1.51. The van der Waals surface area contributed by atoms with Crippen molar-refractivity contribution in [3.8, 4) is 11.4 Å². The van der Waals surface area contributed by atoms with E-state index in [4.69, 9.17) is 9.47 Å². The molecule has 1 aromatic carbocycles. The van der Waals surface area contributed by atoms with E-state index in [0.29, 0.717) is 50.8 Å². The van der Waals surface area contributed by atoms with Crippen LogP contribution in [0.4, 0.5) is 5.69 Å². The van der Waals surface area contributed by atoms with E-state index in [9.17, 15) is 13.2 Å². The van der Waals surface area contributed by atoms with Crippen molar-refractivity contribution in [2.75, 3.05) is 50.9 Å². The van der Waals surface area contributed by atoms with E-state index in [0.717, 1.165) is 0 Å². The largest absolute Gasteiger partial charge is 0.484 e. The molecule has 0 spiro atoms. The molecule has 3 rings (SSSR count). The summed E-state index contributed by atoms with van der Waals surface area (Å²) in [5.41, 5.74) is 0.842. The van der Waals surface area contributed by atoms with Crippen LogP contribution in [0.25, 0.3) is 5.69 Å². The van der Waals surface area contributed by atoms with E-state index in [1.165, 1.54) is 8.99 Å². The molecule has 1 aromatic heterocycles. The lowest BCUT2D eigenvalue weighted by atomic mass is 10.3. The van der Waals surface area contributed by atoms with Gasteiger partial charge in [-0.2, -0.15) is 14.1 Å². The summed E-state index contributed by atoms with van der Waals surface area (Å²) in [4.78, 5) is 15.2. The Labute approximate surface area is 183 Å². The third kappa shape index (κ3) is 5.25. The molecule has 31 heavy (non-hydrogen) atoms. The molecule has 0 N–H and O–H groups in total. The standard InChI is InChI=1S/C21H30N4O5S/c1-4-29-14-15-30-20-19(16-22-25(21(20)26)18-8-6-5-7-9-18)23-10-12-24(13-11-23)31(27,28)17(2)3/h5-9,16-17H,4,10-15H2,1-3H3. The first-order valence-electron chi connectivity index (χ1n) is 10.5. The molecule has 1 aliphatic rings. The zero-order valence-corrected chi connectivity index (χ0v) is 19.0. The molecular formula is C21H30N4O5S. The van der Waals surface area contributed by atoms with Crippen LogP contribution in [-0.2, 0) is 14.8 Å². The summed E-state index contributed by atoms with van der Waals surface area (Å²) in [6, 6.07) is 9.14. The Morgan fingerprint density at radius 3 is 2.35 bits per heavy atom. The summed E-state index contributed by atoms with van der Waals surface area (Å²) in [6.07, 6.45) is 1.61. The summed E-state index contributed by atoms with van der Waals surface area (Å²) in [5.74, 6) is 0.193. The number of rotatable bonds is 9. The number of nitrogens with zero attached hydrogens (tertiary/aromatic N) is 4. The molecule has 0 unspecified atom stereocenters. The molecule has 1 aliphatic heterocycles. The van der Waals surface area contributed by atoms with E-state index in [1.54, 1.807) is 32.2 Å². The Kier molecular flexibility index (Phi) is 7.69. The van der Waals surface area contributed by atoms with Crippen molar-refractivity contribution in [3.05, 3.63) is 46.9 Å². The number of ether oxygens (including phenoxy) is 2. The number of piperazine rings is 1. The highest BCUT2D eigenvalue weighted by atomic mass is 32.2. The Morgan fingerprint density at radius 1 is 1.06 bits per heavy atom. The van der Waals surface area contributed by atoms with E-state index >= 15 is 0 Å². The molecule has 0 bridgehead atoms. The van der Waals surface area contributed by atoms with Crippen molar-refractivity contribution in [1.29, 1.82) is 0 Å². The molecule has 170 valence electrons. The molecule has 0 amide bonds. The molecule has 2 heterocycles. The van der Waals surface area contributed by atoms with Gasteiger partial charge in [0, 0.05) is 32.8 Å². The second-order valence-corrected chi connectivity index (χ2v) is 9.93. The van der Waals surface area contributed by atoms with E-state index in [1.807, 2.05) is 30.0 Å². The topological polar surface area (TPSA) is 94.0 Å². The van der Waals surface area contributed by atoms with Crippen molar-refractivity contribution in [2.24, 2.45) is 0 Å². The number of anilines is 1. The molecule has 10 heteroatoms. The Bertz CT molecular complexity index is 1020. The lowest BCUT2D eigenvalue weighted by molar-refractivity contribution is 0.109. The van der Waals surface area contributed by atoms with Gasteiger partial charge in [-0.05, 0) is 32.9 Å². The van der Waals surface area contributed by atoms with E-state index < -0.39 is 15.3 Å². The second kappa shape index (κ2) is 10.3. The van der Waals surface area contributed by atoms with Crippen LogP contribution in [0.3, 0.4) is 0 Å². The quantitative estimate of drug-likeness (QED) is 0.535. The monoisotopic (exact) mass is 450 g/mol. The Balaban J connectivity index is 1.87. The van der Waals surface area contributed by atoms with Crippen molar-refractivity contribution in [3.63, 3.8) is 0 Å². The summed E-state index contributed by atoms with van der Waals surface area (Å²) >= 11 is 0. The van der Waals surface area contributed by atoms with Gasteiger partial charge < -0.3 is 14.4 Å². The van der Waals surface area contributed by atoms with Crippen LogP contribution in [0, 0.1) is 0 Å². The SMILES string of the molecule is CCOCCOc1c(N2CCN(S(=O)(=O)C(C)C)CC2)cnn(-c2ccccc2)c1=O. The minimum absolute atomic E-state index is 0.193. The molecule has 1 saturated heterocycles. The van der Waals surface area contributed by atoms with Crippen LogP contribution >= 0.6 is 0 Å². The number of aromatic nitrogens is 2. The van der Waals surface area contributed by atoms with Crippen LogP contribution in [0.5, 0.6) is 5.75 Å². The molecule has 0 saturated carbocycles. The fraction of sp³-hybridized carbons (Fsp3) is 0.524. The minimum atomic E-state index is -3.31. The molecular weight excluding hydrogens is 420 g/mol. The summed E-state index contributed by atoms with van der Waals surface area (Å²) < 4.78 is 38.9. The number of para-hydroxylation sites is 1. The first-order chi connectivity index (χ1) is 14.9. The first-order valence-corrected chi connectivity index (χ1v) is 12.0. The van der Waals surface area contributed by atoms with Crippen LogP contribution in [0.2, 0.25) is 0 Å². The van der Waals surface area contributed by atoms with Gasteiger partial charge in [-0.15, -0.1) is 0 Å². The van der Waals surface area contributed by atoms with Gasteiger partial charge in [0.1, 0.15) is 12.3 Å². The second-order valence-electron chi connectivity index (χ2n) is 7.44. The first kappa shape index (κ1) is 23.2. The van der Waals surface area contributed by atoms with Gasteiger partial charge in [0.25, 0.3) is 0 Å². The highest BCUT2D eigenvalue weighted by Crippen LogP contribution is 2.26. The fourth-order valence-corrected chi connectivity index (χ4v) is 4.64. The predicted molar refractivity (Wildman–Crippen MR) is 120 cm³/mol. The highest BCUT2D eigenvalue weighted by molar-refractivity contribution is 7.89. The van der Waals surface area contributed by atoms with Gasteiger partial charge in [-0.25, -0.2) is 8.42 Å². The van der Waals surface area contributed by atoms with Gasteiger partial charge in [-0.3, -0.25) is 4.79 Å². The summed E-state index contributed by atoms with van der Waals surface area (Å²) in [6.45, 7) is 8.01. The van der Waals surface area contributed by atoms with E-state index in [2.05, 4.69) is 5.10 Å². The minimum Gasteiger partial charge on any atom is -0.484 e. The molecule has 9 nitrogen and oxygen atoms in total. The average molecular weight is 451 g/mol. The molecule has 0 radical (unpaired) electrons. The smallest absolute Gasteiger partial charge is 0.316 e. The number of hydrogen-bond donors (Lipinski definition) is 0.